The number of nitrogens with zero attached hydrogens (tertiary/aromatic N) is 1. The van der Waals surface area contributed by atoms with Gasteiger partial charge in [-0.2, -0.15) is 0 Å². The Bertz CT molecular complexity index is 695. The number of ether oxygens (including phenoxy) is 1. The predicted molar refractivity (Wildman–Crippen MR) is 85.8 cm³/mol. The van der Waals surface area contributed by atoms with Crippen molar-refractivity contribution in [2.24, 2.45) is 0 Å². The third-order valence-electron chi connectivity index (χ3n) is 3.65. The fourth-order valence-corrected chi connectivity index (χ4v) is 2.55. The molecule has 0 fully saturated rings. The number of benzene rings is 1. The Balaban J connectivity index is 1.78. The van der Waals surface area contributed by atoms with Crippen molar-refractivity contribution in [2.75, 3.05) is 6.61 Å². The topological polar surface area (TPSA) is 51.2 Å². The summed E-state index contributed by atoms with van der Waals surface area (Å²) in [6, 6.07) is 13.8. The highest BCUT2D eigenvalue weighted by Crippen LogP contribution is 2.27. The Kier molecular flexibility index (Phi) is 4.19. The first kappa shape index (κ1) is 14.3. The number of pyridine rings is 1. The molecule has 1 unspecified atom stereocenters. The molecule has 22 heavy (non-hydrogen) atoms. The molecule has 112 valence electrons. The second-order valence-corrected chi connectivity index (χ2v) is 5.14. The molecule has 1 aromatic carbocycles. The van der Waals surface area contributed by atoms with Crippen LogP contribution < -0.4 is 5.32 Å². The van der Waals surface area contributed by atoms with Gasteiger partial charge < -0.3 is 10.1 Å². The van der Waals surface area contributed by atoms with Gasteiger partial charge in [-0.1, -0.05) is 24.3 Å². The van der Waals surface area contributed by atoms with Crippen LogP contribution in [0.1, 0.15) is 18.9 Å². The van der Waals surface area contributed by atoms with Crippen LogP contribution in [0, 0.1) is 0 Å². The highest BCUT2D eigenvalue weighted by molar-refractivity contribution is 5.83. The minimum Gasteiger partial charge on any atom is -0.464 e. The maximum absolute atomic E-state index is 11.8. The van der Waals surface area contributed by atoms with E-state index in [1.807, 2.05) is 49.5 Å². The normalized spacial score (nSPS) is 16.8. The SMILES string of the molecule is CCOC(=O)C1CC(c2cccc(-c3ccccn3)c2)=CN1. The molecule has 4 heteroatoms. The zero-order valence-corrected chi connectivity index (χ0v) is 12.5. The van der Waals surface area contributed by atoms with E-state index < -0.39 is 0 Å². The molecular formula is C18H18N2O2. The third kappa shape index (κ3) is 3.01. The molecule has 0 aliphatic carbocycles. The van der Waals surface area contributed by atoms with Crippen molar-refractivity contribution in [3.05, 3.63) is 60.4 Å². The number of nitrogens with one attached hydrogen (secondary N) is 1. The molecule has 1 N–H and O–H groups in total. The fourth-order valence-electron chi connectivity index (χ4n) is 2.55. The molecule has 1 aliphatic rings. The average Bonchev–Trinajstić information content (AvgIpc) is 3.06. The summed E-state index contributed by atoms with van der Waals surface area (Å²) in [4.78, 5) is 16.2. The van der Waals surface area contributed by atoms with Crippen LogP contribution in [0.5, 0.6) is 0 Å². The number of carbonyl (C=O) groups excluding carboxylic acids is 1. The Morgan fingerprint density at radius 2 is 2.14 bits per heavy atom. The van der Waals surface area contributed by atoms with E-state index in [1.54, 1.807) is 6.20 Å². The molecule has 2 aromatic rings. The Morgan fingerprint density at radius 3 is 2.91 bits per heavy atom. The van der Waals surface area contributed by atoms with E-state index in [4.69, 9.17) is 4.74 Å². The van der Waals surface area contributed by atoms with Crippen molar-refractivity contribution in [3.8, 4) is 11.3 Å². The smallest absolute Gasteiger partial charge is 0.328 e. The van der Waals surface area contributed by atoms with E-state index in [9.17, 15) is 4.79 Å². The minimum atomic E-state index is -0.284. The highest BCUT2D eigenvalue weighted by atomic mass is 16.5. The van der Waals surface area contributed by atoms with E-state index in [0.717, 1.165) is 22.4 Å². The summed E-state index contributed by atoms with van der Waals surface area (Å²) in [6.45, 7) is 2.22. The van der Waals surface area contributed by atoms with Crippen molar-refractivity contribution in [3.63, 3.8) is 0 Å². The van der Waals surface area contributed by atoms with E-state index in [0.29, 0.717) is 13.0 Å². The van der Waals surface area contributed by atoms with Crippen molar-refractivity contribution in [1.29, 1.82) is 0 Å². The van der Waals surface area contributed by atoms with E-state index in [2.05, 4.69) is 16.4 Å². The van der Waals surface area contributed by atoms with Gasteiger partial charge in [0.25, 0.3) is 0 Å². The fraction of sp³-hybridized carbons (Fsp3) is 0.222. The number of hydrogen-bond donors (Lipinski definition) is 1. The molecule has 2 heterocycles. The quantitative estimate of drug-likeness (QED) is 0.881. The van der Waals surface area contributed by atoms with Gasteiger partial charge in [-0.3, -0.25) is 4.98 Å². The van der Waals surface area contributed by atoms with Gasteiger partial charge in [0.05, 0.1) is 12.3 Å². The second-order valence-electron chi connectivity index (χ2n) is 5.14. The van der Waals surface area contributed by atoms with Crippen LogP contribution in [0.3, 0.4) is 0 Å². The van der Waals surface area contributed by atoms with Crippen LogP contribution in [0.15, 0.2) is 54.9 Å². The highest BCUT2D eigenvalue weighted by Gasteiger charge is 2.25. The molecule has 4 nitrogen and oxygen atoms in total. The lowest BCUT2D eigenvalue weighted by atomic mass is 9.99. The average molecular weight is 294 g/mol. The molecule has 1 atom stereocenters. The number of carbonyl (C=O) groups is 1. The van der Waals surface area contributed by atoms with Crippen LogP contribution in [-0.4, -0.2) is 23.6 Å². The van der Waals surface area contributed by atoms with Gasteiger partial charge in [0.1, 0.15) is 6.04 Å². The predicted octanol–water partition coefficient (Wildman–Crippen LogP) is 3.01. The minimum absolute atomic E-state index is 0.199. The van der Waals surface area contributed by atoms with E-state index in [1.165, 1.54) is 0 Å². The number of hydrogen-bond acceptors (Lipinski definition) is 4. The maximum atomic E-state index is 11.8. The van der Waals surface area contributed by atoms with Crippen LogP contribution in [0.25, 0.3) is 16.8 Å². The molecular weight excluding hydrogens is 276 g/mol. The Morgan fingerprint density at radius 1 is 1.27 bits per heavy atom. The van der Waals surface area contributed by atoms with Crippen molar-refractivity contribution >= 4 is 11.5 Å². The molecule has 0 saturated heterocycles. The van der Waals surface area contributed by atoms with Gasteiger partial charge in [0.15, 0.2) is 0 Å². The lowest BCUT2D eigenvalue weighted by Gasteiger charge is -2.10. The molecule has 0 radical (unpaired) electrons. The van der Waals surface area contributed by atoms with Gasteiger partial charge >= 0.3 is 5.97 Å². The molecule has 3 rings (SSSR count). The lowest BCUT2D eigenvalue weighted by molar-refractivity contribution is -0.145. The summed E-state index contributed by atoms with van der Waals surface area (Å²) in [5, 5.41) is 3.10. The lowest BCUT2D eigenvalue weighted by Crippen LogP contribution is -2.31. The second kappa shape index (κ2) is 6.43. The molecule has 0 amide bonds. The first-order valence-corrected chi connectivity index (χ1v) is 7.41. The summed E-state index contributed by atoms with van der Waals surface area (Å²) in [7, 11) is 0. The molecule has 0 bridgehead atoms. The maximum Gasteiger partial charge on any atom is 0.328 e. The van der Waals surface area contributed by atoms with Crippen molar-refractivity contribution in [2.45, 2.75) is 19.4 Å². The standard InChI is InChI=1S/C18H18N2O2/c1-2-22-18(21)17-11-15(12-20-17)13-6-5-7-14(10-13)16-8-3-4-9-19-16/h3-10,12,17,20H,2,11H2,1H3. The number of rotatable bonds is 4. The monoisotopic (exact) mass is 294 g/mol. The third-order valence-corrected chi connectivity index (χ3v) is 3.65. The van der Waals surface area contributed by atoms with Gasteiger partial charge in [0, 0.05) is 24.4 Å². The van der Waals surface area contributed by atoms with Gasteiger partial charge in [-0.05, 0) is 36.3 Å². The zero-order valence-electron chi connectivity index (χ0n) is 12.5. The molecule has 1 aromatic heterocycles. The summed E-state index contributed by atoms with van der Waals surface area (Å²) >= 11 is 0. The zero-order chi connectivity index (χ0) is 15.4. The summed E-state index contributed by atoms with van der Waals surface area (Å²) in [5.74, 6) is -0.199. The van der Waals surface area contributed by atoms with E-state index in [-0.39, 0.29) is 12.0 Å². The first-order valence-electron chi connectivity index (χ1n) is 7.41. The number of aromatic nitrogens is 1. The van der Waals surface area contributed by atoms with Crippen LogP contribution in [-0.2, 0) is 9.53 Å². The van der Waals surface area contributed by atoms with Crippen LogP contribution in [0.4, 0.5) is 0 Å². The van der Waals surface area contributed by atoms with E-state index >= 15 is 0 Å². The summed E-state index contributed by atoms with van der Waals surface area (Å²) < 4.78 is 5.06. The van der Waals surface area contributed by atoms with Crippen molar-refractivity contribution < 1.29 is 9.53 Å². The molecule has 1 aliphatic heterocycles. The van der Waals surface area contributed by atoms with Crippen molar-refractivity contribution in [1.82, 2.24) is 10.3 Å². The Labute approximate surface area is 129 Å². The summed E-state index contributed by atoms with van der Waals surface area (Å²) in [6.07, 6.45) is 4.33. The molecule has 0 saturated carbocycles. The molecule has 0 spiro atoms. The summed E-state index contributed by atoms with van der Waals surface area (Å²) in [5.41, 5.74) is 4.22. The largest absolute Gasteiger partial charge is 0.464 e. The van der Waals surface area contributed by atoms with Crippen LogP contribution in [0.2, 0.25) is 0 Å². The number of esters is 1. The Hall–Kier alpha value is -2.62. The van der Waals surface area contributed by atoms with Gasteiger partial charge in [0.2, 0.25) is 0 Å². The first-order chi connectivity index (χ1) is 10.8. The van der Waals surface area contributed by atoms with Gasteiger partial charge in [-0.15, -0.1) is 0 Å². The van der Waals surface area contributed by atoms with Crippen LogP contribution >= 0.6 is 0 Å². The van der Waals surface area contributed by atoms with Gasteiger partial charge in [-0.25, -0.2) is 4.79 Å².